The van der Waals surface area contributed by atoms with Gasteiger partial charge in [-0.05, 0) is 55.9 Å². The molecule has 17 heavy (non-hydrogen) atoms. The van der Waals surface area contributed by atoms with Crippen LogP contribution in [-0.2, 0) is 0 Å². The molecule has 3 N–H and O–H groups in total. The number of aryl methyl sites for hydroxylation is 1. The summed E-state index contributed by atoms with van der Waals surface area (Å²) >= 11 is 0. The van der Waals surface area contributed by atoms with Crippen molar-refractivity contribution in [2.24, 2.45) is 5.92 Å². The maximum Gasteiger partial charge on any atom is 0.0434 e. The Balaban J connectivity index is 2.08. The molecule has 1 fully saturated rings. The van der Waals surface area contributed by atoms with Crippen LogP contribution in [0.3, 0.4) is 0 Å². The fourth-order valence-corrected chi connectivity index (χ4v) is 2.57. The number of hydrogen-bond donors (Lipinski definition) is 2. The molecule has 0 aromatic heterocycles. The first-order valence-electron chi connectivity index (χ1n) is 6.42. The van der Waals surface area contributed by atoms with E-state index in [1.54, 1.807) is 0 Å². The summed E-state index contributed by atoms with van der Waals surface area (Å²) in [6, 6.07) is 6.25. The number of benzene rings is 1. The average molecular weight is 234 g/mol. The van der Waals surface area contributed by atoms with E-state index in [9.17, 15) is 0 Å². The van der Waals surface area contributed by atoms with E-state index < -0.39 is 0 Å². The van der Waals surface area contributed by atoms with Gasteiger partial charge in [-0.1, -0.05) is 0 Å². The lowest BCUT2D eigenvalue weighted by atomic mass is 9.94. The standard InChI is InChI=1S/C14H22N2O/c1-11-9-13(4-5-14(11)15)16-7-2-3-12(10-16)6-8-17/h4-5,9,12,17H,2-3,6-8,10,15H2,1H3. The molecule has 1 unspecified atom stereocenters. The van der Waals surface area contributed by atoms with Crippen LogP contribution in [0.5, 0.6) is 0 Å². The minimum absolute atomic E-state index is 0.305. The summed E-state index contributed by atoms with van der Waals surface area (Å²) in [6.07, 6.45) is 3.38. The van der Waals surface area contributed by atoms with Gasteiger partial charge in [-0.2, -0.15) is 0 Å². The number of hydrogen-bond acceptors (Lipinski definition) is 3. The number of rotatable bonds is 3. The zero-order valence-corrected chi connectivity index (χ0v) is 10.5. The van der Waals surface area contributed by atoms with E-state index in [2.05, 4.69) is 17.0 Å². The zero-order valence-electron chi connectivity index (χ0n) is 10.5. The van der Waals surface area contributed by atoms with Crippen LogP contribution in [0.25, 0.3) is 0 Å². The number of anilines is 2. The molecule has 1 aromatic rings. The molecular weight excluding hydrogens is 212 g/mol. The van der Waals surface area contributed by atoms with Gasteiger partial charge in [0.05, 0.1) is 0 Å². The molecule has 0 saturated carbocycles. The van der Waals surface area contributed by atoms with Crippen molar-refractivity contribution < 1.29 is 5.11 Å². The molecule has 0 bridgehead atoms. The van der Waals surface area contributed by atoms with Gasteiger partial charge < -0.3 is 15.7 Å². The van der Waals surface area contributed by atoms with Gasteiger partial charge in [-0.3, -0.25) is 0 Å². The first-order chi connectivity index (χ1) is 8.20. The SMILES string of the molecule is Cc1cc(N2CCCC(CCO)C2)ccc1N. The molecule has 94 valence electrons. The zero-order chi connectivity index (χ0) is 12.3. The highest BCUT2D eigenvalue weighted by Gasteiger charge is 2.19. The molecule has 1 aliphatic rings. The highest BCUT2D eigenvalue weighted by Crippen LogP contribution is 2.26. The largest absolute Gasteiger partial charge is 0.399 e. The number of nitrogens with zero attached hydrogens (tertiary/aromatic N) is 1. The number of aliphatic hydroxyl groups is 1. The summed E-state index contributed by atoms with van der Waals surface area (Å²) < 4.78 is 0. The second-order valence-electron chi connectivity index (χ2n) is 5.01. The van der Waals surface area contributed by atoms with Gasteiger partial charge >= 0.3 is 0 Å². The first kappa shape index (κ1) is 12.2. The van der Waals surface area contributed by atoms with Crippen LogP contribution in [0.1, 0.15) is 24.8 Å². The van der Waals surface area contributed by atoms with Crippen LogP contribution in [0.4, 0.5) is 11.4 Å². The van der Waals surface area contributed by atoms with Crippen molar-refractivity contribution in [1.29, 1.82) is 0 Å². The molecule has 3 nitrogen and oxygen atoms in total. The number of nitrogen functional groups attached to an aromatic ring is 1. The van der Waals surface area contributed by atoms with Crippen molar-refractivity contribution in [3.8, 4) is 0 Å². The van der Waals surface area contributed by atoms with E-state index in [1.165, 1.54) is 18.5 Å². The fraction of sp³-hybridized carbons (Fsp3) is 0.571. The summed E-state index contributed by atoms with van der Waals surface area (Å²) in [5.74, 6) is 0.631. The van der Waals surface area contributed by atoms with Gasteiger partial charge in [0.15, 0.2) is 0 Å². The van der Waals surface area contributed by atoms with Crippen molar-refractivity contribution in [1.82, 2.24) is 0 Å². The molecular formula is C14H22N2O. The van der Waals surface area contributed by atoms with Gasteiger partial charge in [0.1, 0.15) is 0 Å². The molecule has 0 spiro atoms. The Kier molecular flexibility index (Phi) is 3.89. The average Bonchev–Trinajstić information content (AvgIpc) is 2.33. The third-order valence-electron chi connectivity index (χ3n) is 3.67. The van der Waals surface area contributed by atoms with E-state index in [-0.39, 0.29) is 0 Å². The summed E-state index contributed by atoms with van der Waals surface area (Å²) in [6.45, 7) is 4.53. The van der Waals surface area contributed by atoms with E-state index in [1.807, 2.05) is 13.0 Å². The Hall–Kier alpha value is -1.22. The highest BCUT2D eigenvalue weighted by atomic mass is 16.3. The molecule has 3 heteroatoms. The van der Waals surface area contributed by atoms with Gasteiger partial charge in [-0.15, -0.1) is 0 Å². The molecule has 0 aliphatic carbocycles. The molecule has 1 aliphatic heterocycles. The van der Waals surface area contributed by atoms with E-state index in [0.29, 0.717) is 12.5 Å². The quantitative estimate of drug-likeness (QED) is 0.788. The second-order valence-corrected chi connectivity index (χ2v) is 5.01. The highest BCUT2D eigenvalue weighted by molar-refractivity contribution is 5.58. The third kappa shape index (κ3) is 2.91. The monoisotopic (exact) mass is 234 g/mol. The molecule has 1 saturated heterocycles. The Labute approximate surface area is 103 Å². The predicted octanol–water partition coefficient (Wildman–Crippen LogP) is 2.18. The molecule has 1 atom stereocenters. The third-order valence-corrected chi connectivity index (χ3v) is 3.67. The van der Waals surface area contributed by atoms with Crippen molar-refractivity contribution >= 4 is 11.4 Å². The molecule has 1 aromatic carbocycles. The molecule has 0 amide bonds. The number of aliphatic hydroxyl groups excluding tert-OH is 1. The maximum atomic E-state index is 9.02. The minimum atomic E-state index is 0.305. The summed E-state index contributed by atoms with van der Waals surface area (Å²) in [7, 11) is 0. The fourth-order valence-electron chi connectivity index (χ4n) is 2.57. The Morgan fingerprint density at radius 2 is 2.29 bits per heavy atom. The van der Waals surface area contributed by atoms with E-state index in [4.69, 9.17) is 10.8 Å². The van der Waals surface area contributed by atoms with Crippen molar-refractivity contribution in [3.63, 3.8) is 0 Å². The van der Waals surface area contributed by atoms with Crippen molar-refractivity contribution in [3.05, 3.63) is 23.8 Å². The lowest BCUT2D eigenvalue weighted by molar-refractivity contribution is 0.244. The lowest BCUT2D eigenvalue weighted by Gasteiger charge is -2.34. The smallest absolute Gasteiger partial charge is 0.0434 e. The predicted molar refractivity (Wildman–Crippen MR) is 72.2 cm³/mol. The van der Waals surface area contributed by atoms with E-state index >= 15 is 0 Å². The summed E-state index contributed by atoms with van der Waals surface area (Å²) in [4.78, 5) is 2.41. The first-order valence-corrected chi connectivity index (χ1v) is 6.42. The number of piperidine rings is 1. The maximum absolute atomic E-state index is 9.02. The Morgan fingerprint density at radius 3 is 3.00 bits per heavy atom. The van der Waals surface area contributed by atoms with Gasteiger partial charge in [0.2, 0.25) is 0 Å². The second kappa shape index (κ2) is 5.41. The van der Waals surface area contributed by atoms with Gasteiger partial charge in [0.25, 0.3) is 0 Å². The molecule has 0 radical (unpaired) electrons. The Morgan fingerprint density at radius 1 is 1.47 bits per heavy atom. The summed E-state index contributed by atoms with van der Waals surface area (Å²) in [5.41, 5.74) is 9.11. The van der Waals surface area contributed by atoms with Crippen LogP contribution < -0.4 is 10.6 Å². The van der Waals surface area contributed by atoms with Gasteiger partial charge in [0, 0.05) is 31.1 Å². The number of nitrogens with two attached hydrogens (primary N) is 1. The van der Waals surface area contributed by atoms with E-state index in [0.717, 1.165) is 30.8 Å². The van der Waals surface area contributed by atoms with Crippen molar-refractivity contribution in [2.45, 2.75) is 26.2 Å². The van der Waals surface area contributed by atoms with Gasteiger partial charge in [-0.25, -0.2) is 0 Å². The van der Waals surface area contributed by atoms with Crippen LogP contribution in [0.2, 0.25) is 0 Å². The Bertz CT molecular complexity index is 376. The van der Waals surface area contributed by atoms with Crippen LogP contribution in [0.15, 0.2) is 18.2 Å². The van der Waals surface area contributed by atoms with Crippen molar-refractivity contribution in [2.75, 3.05) is 30.3 Å². The summed E-state index contributed by atoms with van der Waals surface area (Å²) in [5, 5.41) is 9.02. The van der Waals surface area contributed by atoms with Crippen LogP contribution in [-0.4, -0.2) is 24.8 Å². The molecule has 2 rings (SSSR count). The minimum Gasteiger partial charge on any atom is -0.399 e. The molecule has 1 heterocycles. The lowest BCUT2D eigenvalue weighted by Crippen LogP contribution is -2.35. The van der Waals surface area contributed by atoms with Crippen LogP contribution in [0, 0.1) is 12.8 Å². The normalized spacial score (nSPS) is 20.6. The topological polar surface area (TPSA) is 49.5 Å². The van der Waals surface area contributed by atoms with Crippen LogP contribution >= 0.6 is 0 Å².